The van der Waals surface area contributed by atoms with Gasteiger partial charge in [-0.3, -0.25) is 0 Å². The van der Waals surface area contributed by atoms with Gasteiger partial charge >= 0.3 is 18.4 Å². The lowest BCUT2D eigenvalue weighted by atomic mass is 9.73. The van der Waals surface area contributed by atoms with E-state index in [9.17, 15) is 36.2 Å². The Labute approximate surface area is 198 Å². The smallest absolute Gasteiger partial charge is 0.410 e. The summed E-state index contributed by atoms with van der Waals surface area (Å²) in [5.74, 6) is 0. The molecule has 4 nitrogen and oxygen atoms in total. The van der Waals surface area contributed by atoms with Crippen LogP contribution >= 0.6 is 0 Å². The van der Waals surface area contributed by atoms with Crippen molar-refractivity contribution in [3.8, 4) is 11.1 Å². The fraction of sp³-hybridized carbons (Fsp3) is 0.400. The number of ether oxygens (including phenoxy) is 1. The fourth-order valence-electron chi connectivity index (χ4n) is 4.67. The van der Waals surface area contributed by atoms with Crippen LogP contribution in [0.2, 0.25) is 0 Å². The molecule has 1 aliphatic carbocycles. The first-order valence-corrected chi connectivity index (χ1v) is 10.9. The molecule has 0 bridgehead atoms. The number of halogens is 6. The van der Waals surface area contributed by atoms with Crippen LogP contribution in [0.1, 0.15) is 36.5 Å². The van der Waals surface area contributed by atoms with Gasteiger partial charge in [-0.25, -0.2) is 4.79 Å². The summed E-state index contributed by atoms with van der Waals surface area (Å²) in [5.41, 5.74) is -1.77. The fourth-order valence-corrected chi connectivity index (χ4v) is 4.67. The molecule has 0 spiro atoms. The summed E-state index contributed by atoms with van der Waals surface area (Å²) in [4.78, 5) is 13.2. The van der Waals surface area contributed by atoms with Gasteiger partial charge in [-0.05, 0) is 30.4 Å². The molecule has 1 atom stereocenters. The maximum atomic E-state index is 14.1. The number of carbonyl (C=O) groups excluding carboxylic acids is 1. The van der Waals surface area contributed by atoms with Gasteiger partial charge in [0.2, 0.25) is 0 Å². The minimum Gasteiger partial charge on any atom is -0.436 e. The third-order valence-electron chi connectivity index (χ3n) is 6.48. The van der Waals surface area contributed by atoms with Gasteiger partial charge in [-0.15, -0.1) is 6.58 Å². The third-order valence-corrected chi connectivity index (χ3v) is 6.48. The van der Waals surface area contributed by atoms with Crippen LogP contribution in [0.5, 0.6) is 0 Å². The summed E-state index contributed by atoms with van der Waals surface area (Å²) in [6, 6.07) is 11.1. The van der Waals surface area contributed by atoms with Gasteiger partial charge in [-0.1, -0.05) is 54.6 Å². The summed E-state index contributed by atoms with van der Waals surface area (Å²) in [7, 11) is 0.774. The van der Waals surface area contributed by atoms with Crippen molar-refractivity contribution in [3.05, 3.63) is 72.3 Å². The van der Waals surface area contributed by atoms with Gasteiger partial charge in [0.1, 0.15) is 0 Å². The lowest BCUT2D eigenvalue weighted by Crippen LogP contribution is -2.64. The molecule has 1 aliphatic rings. The highest BCUT2D eigenvalue weighted by Crippen LogP contribution is 2.57. The molecule has 10 heteroatoms. The average Bonchev–Trinajstić information content (AvgIpc) is 3.10. The molecular formula is C25H25F6NO3. The first kappa shape index (κ1) is 26.6. The van der Waals surface area contributed by atoms with Crippen LogP contribution in [0.3, 0.4) is 0 Å². The van der Waals surface area contributed by atoms with Crippen LogP contribution in [0.25, 0.3) is 11.1 Å². The van der Waals surface area contributed by atoms with Gasteiger partial charge in [0.15, 0.2) is 11.5 Å². The number of aliphatic hydroxyl groups excluding tert-OH is 1. The summed E-state index contributed by atoms with van der Waals surface area (Å²) >= 11 is 0. The predicted molar refractivity (Wildman–Crippen MR) is 117 cm³/mol. The number of allylic oxidation sites excluding steroid dienone is 1. The van der Waals surface area contributed by atoms with Crippen molar-refractivity contribution in [3.63, 3.8) is 0 Å². The molecule has 0 fully saturated rings. The Morgan fingerprint density at radius 2 is 1.51 bits per heavy atom. The molecular weight excluding hydrogens is 476 g/mol. The number of rotatable bonds is 8. The van der Waals surface area contributed by atoms with Crippen molar-refractivity contribution in [2.75, 3.05) is 13.7 Å². The zero-order valence-electron chi connectivity index (χ0n) is 18.9. The normalized spacial score (nSPS) is 14.7. The maximum absolute atomic E-state index is 14.1. The molecule has 190 valence electrons. The van der Waals surface area contributed by atoms with Crippen LogP contribution in [0.4, 0.5) is 31.1 Å². The van der Waals surface area contributed by atoms with Gasteiger partial charge in [0.25, 0.3) is 0 Å². The highest BCUT2D eigenvalue weighted by atomic mass is 19.4. The number of hydrogen-bond acceptors (Lipinski definition) is 3. The van der Waals surface area contributed by atoms with E-state index in [1.807, 2.05) is 0 Å². The number of hydrogen-bond donors (Lipinski definition) is 1. The third kappa shape index (κ3) is 4.63. The molecule has 0 aliphatic heterocycles. The molecule has 0 saturated heterocycles. The Bertz CT molecular complexity index is 1010. The van der Waals surface area contributed by atoms with E-state index in [1.165, 1.54) is 6.08 Å². The molecule has 0 heterocycles. The topological polar surface area (TPSA) is 49.8 Å². The standard InChI is InChI=1S/C25H25F6NO3/c1-3-4-9-14-23(24(26,27)28,25(29,30)31)20(15-33)32(2)22(34)35-21-18-12-7-5-10-16(18)17-11-6-8-13-19(17)21/h3,5-8,10-13,20-21,33H,1,4,9,14-15H2,2H3. The molecule has 3 rings (SSSR count). The summed E-state index contributed by atoms with van der Waals surface area (Å²) in [6.07, 6.45) is -14.8. The van der Waals surface area contributed by atoms with Gasteiger partial charge in [-0.2, -0.15) is 26.3 Å². The van der Waals surface area contributed by atoms with Crippen molar-refractivity contribution in [1.82, 2.24) is 4.90 Å². The predicted octanol–water partition coefficient (Wildman–Crippen LogP) is 6.65. The van der Waals surface area contributed by atoms with Gasteiger partial charge in [0.05, 0.1) is 12.6 Å². The Balaban J connectivity index is 1.98. The number of carbonyl (C=O) groups is 1. The molecule has 35 heavy (non-hydrogen) atoms. The van der Waals surface area contributed by atoms with Crippen LogP contribution < -0.4 is 0 Å². The second-order valence-corrected chi connectivity index (χ2v) is 8.40. The van der Waals surface area contributed by atoms with E-state index in [-0.39, 0.29) is 11.3 Å². The molecule has 1 amide bonds. The lowest BCUT2D eigenvalue weighted by Gasteiger charge is -2.45. The van der Waals surface area contributed by atoms with Gasteiger partial charge < -0.3 is 14.7 Å². The molecule has 2 aromatic rings. The number of aliphatic hydroxyl groups is 1. The van der Waals surface area contributed by atoms with Crippen LogP contribution in [0, 0.1) is 5.41 Å². The Kier molecular flexibility index (Phi) is 7.54. The molecule has 2 aromatic carbocycles. The van der Waals surface area contributed by atoms with Crippen LogP contribution in [-0.2, 0) is 4.74 Å². The van der Waals surface area contributed by atoms with Crippen molar-refractivity contribution in [2.45, 2.75) is 43.8 Å². The summed E-state index contributed by atoms with van der Waals surface area (Å²) < 4.78 is 90.2. The first-order chi connectivity index (χ1) is 16.4. The number of unbranched alkanes of at least 4 members (excludes halogenated alkanes) is 1. The molecule has 0 aromatic heterocycles. The van der Waals surface area contributed by atoms with E-state index in [0.717, 1.165) is 18.2 Å². The Morgan fingerprint density at radius 1 is 1.03 bits per heavy atom. The summed E-state index contributed by atoms with van der Waals surface area (Å²) in [6.45, 7) is 1.76. The SMILES string of the molecule is C=CCCCC(C(CO)N(C)C(=O)OC1c2ccccc2-c2ccccc21)(C(F)(F)F)C(F)(F)F. The van der Waals surface area contributed by atoms with Crippen molar-refractivity contribution < 1.29 is 41.0 Å². The summed E-state index contributed by atoms with van der Waals surface area (Å²) in [5, 5.41) is 9.77. The van der Waals surface area contributed by atoms with E-state index < -0.39 is 55.5 Å². The number of amides is 1. The van der Waals surface area contributed by atoms with E-state index in [2.05, 4.69) is 6.58 Å². The van der Waals surface area contributed by atoms with Crippen molar-refractivity contribution >= 4 is 6.09 Å². The maximum Gasteiger partial charge on any atom is 0.410 e. The van der Waals surface area contributed by atoms with E-state index in [1.54, 1.807) is 48.5 Å². The lowest BCUT2D eigenvalue weighted by molar-refractivity contribution is -0.360. The van der Waals surface area contributed by atoms with Gasteiger partial charge in [0, 0.05) is 18.2 Å². The quantitative estimate of drug-likeness (QED) is 0.250. The highest BCUT2D eigenvalue weighted by molar-refractivity contribution is 5.79. The van der Waals surface area contributed by atoms with E-state index in [4.69, 9.17) is 4.74 Å². The minimum absolute atomic E-state index is 0.101. The number of nitrogens with zero attached hydrogens (tertiary/aromatic N) is 1. The van der Waals surface area contributed by atoms with Crippen molar-refractivity contribution in [2.24, 2.45) is 5.41 Å². The van der Waals surface area contributed by atoms with Crippen LogP contribution in [0.15, 0.2) is 61.2 Å². The Morgan fingerprint density at radius 3 is 1.94 bits per heavy atom. The average molecular weight is 501 g/mol. The monoisotopic (exact) mass is 501 g/mol. The van der Waals surface area contributed by atoms with E-state index >= 15 is 0 Å². The van der Waals surface area contributed by atoms with Crippen LogP contribution in [-0.4, -0.2) is 48.1 Å². The molecule has 0 radical (unpaired) electrons. The van der Waals surface area contributed by atoms with E-state index in [0.29, 0.717) is 11.1 Å². The number of fused-ring (bicyclic) bond motifs is 3. The largest absolute Gasteiger partial charge is 0.436 e. The number of alkyl halides is 6. The van der Waals surface area contributed by atoms with Crippen molar-refractivity contribution in [1.29, 1.82) is 0 Å². The number of benzene rings is 2. The molecule has 0 saturated carbocycles. The second kappa shape index (κ2) is 9.93. The first-order valence-electron chi connectivity index (χ1n) is 10.9. The zero-order valence-corrected chi connectivity index (χ0v) is 18.9. The molecule has 1 N–H and O–H groups in total. The second-order valence-electron chi connectivity index (χ2n) is 8.40. The molecule has 1 unspecified atom stereocenters. The highest BCUT2D eigenvalue weighted by Gasteiger charge is 2.74. The Hall–Kier alpha value is -3.01. The minimum atomic E-state index is -5.80. The zero-order chi connectivity index (χ0) is 26.0. The number of likely N-dealkylation sites (N-methyl/N-ethyl adjacent to an activating group) is 1.